The summed E-state index contributed by atoms with van der Waals surface area (Å²) >= 11 is 0. The maximum Gasteiger partial charge on any atom is 0.325 e. The van der Waals surface area contributed by atoms with Crippen LogP contribution >= 0.6 is 0 Å². The molecule has 2 aromatic heterocycles. The Labute approximate surface area is 90.5 Å². The van der Waals surface area contributed by atoms with E-state index in [0.29, 0.717) is 5.65 Å². The van der Waals surface area contributed by atoms with E-state index in [1.807, 2.05) is 31.2 Å². The van der Waals surface area contributed by atoms with Crippen LogP contribution in [0.25, 0.3) is 22.1 Å². The lowest BCUT2D eigenvalue weighted by Gasteiger charge is -2.00. The molecule has 0 aliphatic heterocycles. The minimum absolute atomic E-state index is 0. The molecule has 5 nitrogen and oxygen atoms in total. The van der Waals surface area contributed by atoms with Crippen molar-refractivity contribution in [1.29, 1.82) is 0 Å². The fraction of sp³-hybridized carbons (Fsp3) is 0.0909. The highest BCUT2D eigenvalue weighted by molar-refractivity contribution is 5.91. The van der Waals surface area contributed by atoms with Crippen LogP contribution in [0.1, 0.15) is 5.56 Å². The SMILES string of the molecule is Cc1cccc2nc3[nH]c(=O)[nH]c3cc12.O. The third-order valence-electron chi connectivity index (χ3n) is 2.56. The molecular weight excluding hydrogens is 206 g/mol. The Bertz CT molecular complexity index is 712. The van der Waals surface area contributed by atoms with E-state index in [9.17, 15) is 4.79 Å². The van der Waals surface area contributed by atoms with Gasteiger partial charge in [-0.25, -0.2) is 9.78 Å². The fourth-order valence-corrected chi connectivity index (χ4v) is 1.80. The summed E-state index contributed by atoms with van der Waals surface area (Å²) in [6.45, 7) is 2.03. The molecule has 3 aromatic rings. The van der Waals surface area contributed by atoms with Crippen molar-refractivity contribution in [3.63, 3.8) is 0 Å². The number of rotatable bonds is 0. The summed E-state index contributed by atoms with van der Waals surface area (Å²) in [5, 5.41) is 1.07. The molecule has 5 heteroatoms. The minimum atomic E-state index is -0.217. The number of hydrogen-bond donors (Lipinski definition) is 2. The van der Waals surface area contributed by atoms with E-state index in [-0.39, 0.29) is 11.2 Å². The molecule has 3 rings (SSSR count). The van der Waals surface area contributed by atoms with Gasteiger partial charge in [0, 0.05) is 5.39 Å². The molecule has 0 saturated heterocycles. The van der Waals surface area contributed by atoms with Gasteiger partial charge in [0.15, 0.2) is 5.65 Å². The molecule has 4 N–H and O–H groups in total. The van der Waals surface area contributed by atoms with E-state index in [0.717, 1.165) is 22.0 Å². The molecule has 0 radical (unpaired) electrons. The van der Waals surface area contributed by atoms with E-state index in [1.165, 1.54) is 0 Å². The van der Waals surface area contributed by atoms with E-state index < -0.39 is 0 Å². The van der Waals surface area contributed by atoms with Gasteiger partial charge >= 0.3 is 5.69 Å². The number of nitrogens with zero attached hydrogens (tertiary/aromatic N) is 1. The molecule has 0 spiro atoms. The second kappa shape index (κ2) is 3.46. The Balaban J connectivity index is 0.000000963. The van der Waals surface area contributed by atoms with Gasteiger partial charge in [0.1, 0.15) is 0 Å². The lowest BCUT2D eigenvalue weighted by atomic mass is 10.1. The number of imidazole rings is 1. The maximum atomic E-state index is 11.1. The standard InChI is InChI=1S/C11H9N3O.H2O/c1-6-3-2-4-8-7(6)5-9-10(12-8)14-11(15)13-9;/h2-5H,1H3,(H2,12,13,14,15);1H2. The predicted octanol–water partition coefficient (Wildman–Crippen LogP) is 0.888. The predicted molar refractivity (Wildman–Crippen MR) is 62.6 cm³/mol. The van der Waals surface area contributed by atoms with Crippen molar-refractivity contribution in [3.05, 3.63) is 40.3 Å². The van der Waals surface area contributed by atoms with Crippen LogP contribution in [0.3, 0.4) is 0 Å². The first-order valence-electron chi connectivity index (χ1n) is 4.72. The normalized spacial score (nSPS) is 10.6. The van der Waals surface area contributed by atoms with E-state index >= 15 is 0 Å². The smallest absolute Gasteiger partial charge is 0.325 e. The Hall–Kier alpha value is -2.14. The Morgan fingerprint density at radius 1 is 1.25 bits per heavy atom. The second-order valence-corrected chi connectivity index (χ2v) is 3.61. The lowest BCUT2D eigenvalue weighted by Crippen LogP contribution is -1.99. The van der Waals surface area contributed by atoms with Crippen LogP contribution < -0.4 is 5.69 Å². The monoisotopic (exact) mass is 217 g/mol. The zero-order valence-corrected chi connectivity index (χ0v) is 8.66. The van der Waals surface area contributed by atoms with Gasteiger partial charge in [-0.15, -0.1) is 0 Å². The Morgan fingerprint density at radius 2 is 2.06 bits per heavy atom. The third kappa shape index (κ3) is 1.38. The number of benzene rings is 1. The average molecular weight is 217 g/mol. The van der Waals surface area contributed by atoms with Gasteiger partial charge < -0.3 is 10.5 Å². The lowest BCUT2D eigenvalue weighted by molar-refractivity contribution is 0.824. The molecular formula is C11H11N3O2. The van der Waals surface area contributed by atoms with Gasteiger partial charge in [0.05, 0.1) is 11.0 Å². The van der Waals surface area contributed by atoms with Gasteiger partial charge in [0.2, 0.25) is 0 Å². The number of hydrogen-bond acceptors (Lipinski definition) is 2. The molecule has 0 amide bonds. The molecule has 2 heterocycles. The van der Waals surface area contributed by atoms with Gasteiger partial charge in [-0.3, -0.25) is 4.98 Å². The van der Waals surface area contributed by atoms with Crippen molar-refractivity contribution >= 4 is 22.1 Å². The van der Waals surface area contributed by atoms with Crippen molar-refractivity contribution in [2.45, 2.75) is 6.92 Å². The Morgan fingerprint density at radius 3 is 2.88 bits per heavy atom. The average Bonchev–Trinajstić information content (AvgIpc) is 2.55. The van der Waals surface area contributed by atoms with Crippen molar-refractivity contribution in [1.82, 2.24) is 15.0 Å². The summed E-state index contributed by atoms with van der Waals surface area (Å²) in [7, 11) is 0. The summed E-state index contributed by atoms with van der Waals surface area (Å²) in [5.74, 6) is 0. The Kier molecular flexibility index (Phi) is 2.25. The molecule has 0 atom stereocenters. The van der Waals surface area contributed by atoms with E-state index in [1.54, 1.807) is 0 Å². The van der Waals surface area contributed by atoms with Crippen LogP contribution in [-0.4, -0.2) is 20.4 Å². The third-order valence-corrected chi connectivity index (χ3v) is 2.56. The van der Waals surface area contributed by atoms with Crippen molar-refractivity contribution in [2.75, 3.05) is 0 Å². The number of aromatic amines is 2. The zero-order valence-electron chi connectivity index (χ0n) is 8.66. The van der Waals surface area contributed by atoms with Gasteiger partial charge in [-0.1, -0.05) is 12.1 Å². The maximum absolute atomic E-state index is 11.1. The van der Waals surface area contributed by atoms with E-state index in [2.05, 4.69) is 15.0 Å². The summed E-state index contributed by atoms with van der Waals surface area (Å²) in [6.07, 6.45) is 0. The molecule has 0 fully saturated rings. The van der Waals surface area contributed by atoms with Crippen molar-refractivity contribution in [2.24, 2.45) is 0 Å². The van der Waals surface area contributed by atoms with Crippen LogP contribution in [0.2, 0.25) is 0 Å². The summed E-state index contributed by atoms with van der Waals surface area (Å²) < 4.78 is 0. The molecule has 16 heavy (non-hydrogen) atoms. The quantitative estimate of drug-likeness (QED) is 0.585. The van der Waals surface area contributed by atoms with Gasteiger partial charge in [0.25, 0.3) is 0 Å². The minimum Gasteiger partial charge on any atom is -0.412 e. The topological polar surface area (TPSA) is 93.0 Å². The molecule has 0 aliphatic carbocycles. The van der Waals surface area contributed by atoms with Crippen LogP contribution in [0.15, 0.2) is 29.1 Å². The van der Waals surface area contributed by atoms with Crippen LogP contribution in [0, 0.1) is 6.92 Å². The summed E-state index contributed by atoms with van der Waals surface area (Å²) in [5.41, 5.74) is 3.20. The summed E-state index contributed by atoms with van der Waals surface area (Å²) in [6, 6.07) is 7.87. The van der Waals surface area contributed by atoms with Gasteiger partial charge in [-0.2, -0.15) is 0 Å². The first-order chi connectivity index (χ1) is 7.24. The largest absolute Gasteiger partial charge is 0.412 e. The van der Waals surface area contributed by atoms with Crippen molar-refractivity contribution in [3.8, 4) is 0 Å². The molecule has 1 aromatic carbocycles. The van der Waals surface area contributed by atoms with Gasteiger partial charge in [-0.05, 0) is 24.6 Å². The first-order valence-corrected chi connectivity index (χ1v) is 4.72. The fourth-order valence-electron chi connectivity index (χ4n) is 1.80. The molecule has 0 unspecified atom stereocenters. The number of H-pyrrole nitrogens is 2. The number of pyridine rings is 1. The van der Waals surface area contributed by atoms with Crippen LogP contribution in [-0.2, 0) is 0 Å². The summed E-state index contributed by atoms with van der Waals surface area (Å²) in [4.78, 5) is 20.8. The highest BCUT2D eigenvalue weighted by Crippen LogP contribution is 2.19. The van der Waals surface area contributed by atoms with Crippen LogP contribution in [0.4, 0.5) is 0 Å². The number of aromatic nitrogens is 3. The van der Waals surface area contributed by atoms with E-state index in [4.69, 9.17) is 0 Å². The molecule has 0 bridgehead atoms. The van der Waals surface area contributed by atoms with Crippen molar-refractivity contribution < 1.29 is 5.48 Å². The molecule has 0 aliphatic rings. The second-order valence-electron chi connectivity index (χ2n) is 3.61. The number of fused-ring (bicyclic) bond motifs is 2. The highest BCUT2D eigenvalue weighted by Gasteiger charge is 2.03. The molecule has 82 valence electrons. The highest BCUT2D eigenvalue weighted by atomic mass is 16.1. The van der Waals surface area contributed by atoms with Crippen LogP contribution in [0.5, 0.6) is 0 Å². The number of nitrogens with one attached hydrogen (secondary N) is 2. The number of aryl methyl sites for hydroxylation is 1. The zero-order chi connectivity index (χ0) is 10.4. The first kappa shape index (κ1) is 10.4. The molecule has 0 saturated carbocycles.